The molecule has 0 saturated heterocycles. The topological polar surface area (TPSA) is 58.2 Å². The van der Waals surface area contributed by atoms with Crippen LogP contribution in [0.15, 0.2) is 23.1 Å². The molecule has 1 fully saturated rings. The molecule has 1 aliphatic carbocycles. The van der Waals surface area contributed by atoms with Crippen LogP contribution < -0.4 is 10.6 Å². The van der Waals surface area contributed by atoms with Crippen LogP contribution in [0.2, 0.25) is 0 Å². The number of hydrogen-bond acceptors (Lipinski definition) is 3. The number of benzene rings is 1. The third-order valence-corrected chi connectivity index (χ3v) is 4.40. The van der Waals surface area contributed by atoms with Crippen molar-refractivity contribution in [1.29, 1.82) is 0 Å². The maximum absolute atomic E-state index is 11.8. The van der Waals surface area contributed by atoms with Gasteiger partial charge in [0.2, 0.25) is 11.8 Å². The molecule has 1 heterocycles. The zero-order valence-electron chi connectivity index (χ0n) is 10.0. The summed E-state index contributed by atoms with van der Waals surface area (Å²) in [4.78, 5) is 24.2. The predicted octanol–water partition coefficient (Wildman–Crippen LogP) is 2.33. The minimum Gasteiger partial charge on any atom is -0.326 e. The molecule has 0 aromatic heterocycles. The van der Waals surface area contributed by atoms with Gasteiger partial charge in [-0.2, -0.15) is 0 Å². The summed E-state index contributed by atoms with van der Waals surface area (Å²) in [7, 11) is 0. The molecule has 0 spiro atoms. The fourth-order valence-electron chi connectivity index (χ4n) is 2.08. The van der Waals surface area contributed by atoms with Crippen molar-refractivity contribution < 1.29 is 9.59 Å². The van der Waals surface area contributed by atoms with Crippen molar-refractivity contribution >= 4 is 35.0 Å². The van der Waals surface area contributed by atoms with Crippen molar-refractivity contribution in [2.75, 3.05) is 16.4 Å². The van der Waals surface area contributed by atoms with Crippen LogP contribution in [0.1, 0.15) is 13.3 Å². The van der Waals surface area contributed by atoms with Gasteiger partial charge < -0.3 is 10.6 Å². The van der Waals surface area contributed by atoms with Crippen molar-refractivity contribution in [2.45, 2.75) is 18.2 Å². The number of carbonyl (C=O) groups is 2. The molecule has 2 atom stereocenters. The normalized spacial score (nSPS) is 25.1. The molecule has 0 radical (unpaired) electrons. The second-order valence-electron chi connectivity index (χ2n) is 4.86. The van der Waals surface area contributed by atoms with Gasteiger partial charge in [0.15, 0.2) is 0 Å². The Morgan fingerprint density at radius 2 is 2.28 bits per heavy atom. The minimum atomic E-state index is 0.00629. The quantitative estimate of drug-likeness (QED) is 0.860. The van der Waals surface area contributed by atoms with E-state index >= 15 is 0 Å². The molecule has 2 amide bonds. The molecule has 2 aliphatic rings. The van der Waals surface area contributed by atoms with Crippen molar-refractivity contribution in [2.24, 2.45) is 11.8 Å². The summed E-state index contributed by atoms with van der Waals surface area (Å²) < 4.78 is 0. The molecular weight excluding hydrogens is 248 g/mol. The average Bonchev–Trinajstić information content (AvgIpc) is 3.06. The number of thioether (sulfide) groups is 1. The molecule has 18 heavy (non-hydrogen) atoms. The molecule has 1 saturated carbocycles. The number of rotatable bonds is 2. The fourth-order valence-corrected chi connectivity index (χ4v) is 2.87. The van der Waals surface area contributed by atoms with Gasteiger partial charge in [-0.05, 0) is 30.5 Å². The Morgan fingerprint density at radius 3 is 3.00 bits per heavy atom. The highest BCUT2D eigenvalue weighted by molar-refractivity contribution is 8.00. The Bertz CT molecular complexity index is 530. The number of nitrogens with one attached hydrogen (secondary N) is 2. The largest absolute Gasteiger partial charge is 0.326 e. The van der Waals surface area contributed by atoms with Crippen molar-refractivity contribution in [3.05, 3.63) is 18.2 Å². The first-order valence-corrected chi connectivity index (χ1v) is 6.99. The van der Waals surface area contributed by atoms with E-state index in [-0.39, 0.29) is 17.7 Å². The maximum Gasteiger partial charge on any atom is 0.234 e. The molecule has 1 aliphatic heterocycles. The van der Waals surface area contributed by atoms with Gasteiger partial charge in [0.1, 0.15) is 0 Å². The van der Waals surface area contributed by atoms with E-state index in [1.807, 2.05) is 18.2 Å². The molecule has 3 rings (SSSR count). The Balaban J connectivity index is 1.75. The number of amides is 2. The Labute approximate surface area is 110 Å². The highest BCUT2D eigenvalue weighted by atomic mass is 32.2. The van der Waals surface area contributed by atoms with Crippen LogP contribution in [0.25, 0.3) is 0 Å². The molecule has 1 aromatic rings. The third-order valence-electron chi connectivity index (χ3n) is 3.33. The molecule has 5 heteroatoms. The number of hydrogen-bond donors (Lipinski definition) is 2. The number of fused-ring (bicyclic) bond motifs is 1. The molecule has 2 unspecified atom stereocenters. The van der Waals surface area contributed by atoms with Crippen LogP contribution in [0.3, 0.4) is 0 Å². The lowest BCUT2D eigenvalue weighted by molar-refractivity contribution is -0.117. The van der Waals surface area contributed by atoms with E-state index < -0.39 is 0 Å². The standard InChI is InChI=1S/C13H14N2O2S/c1-7-4-9(7)13(17)14-8-2-3-11-10(5-8)15-12(16)6-18-11/h2-3,5,7,9H,4,6H2,1H3,(H,14,17)(H,15,16). The van der Waals surface area contributed by atoms with E-state index in [2.05, 4.69) is 17.6 Å². The first-order valence-electron chi connectivity index (χ1n) is 6.01. The lowest BCUT2D eigenvalue weighted by atomic mass is 10.2. The number of carbonyl (C=O) groups excluding carboxylic acids is 2. The average molecular weight is 262 g/mol. The Hall–Kier alpha value is -1.49. The minimum absolute atomic E-state index is 0.00629. The lowest BCUT2D eigenvalue weighted by Gasteiger charge is -2.17. The third kappa shape index (κ3) is 2.22. The van der Waals surface area contributed by atoms with Crippen LogP contribution in [0.5, 0.6) is 0 Å². The van der Waals surface area contributed by atoms with Crippen LogP contribution in [-0.2, 0) is 9.59 Å². The summed E-state index contributed by atoms with van der Waals surface area (Å²) in [5.74, 6) is 1.20. The summed E-state index contributed by atoms with van der Waals surface area (Å²) >= 11 is 1.52. The lowest BCUT2D eigenvalue weighted by Crippen LogP contribution is -2.19. The predicted molar refractivity (Wildman–Crippen MR) is 71.7 cm³/mol. The Kier molecular flexibility index (Phi) is 2.78. The van der Waals surface area contributed by atoms with Gasteiger partial charge in [-0.25, -0.2) is 0 Å². The molecule has 1 aromatic carbocycles. The first-order chi connectivity index (χ1) is 8.63. The van der Waals surface area contributed by atoms with Crippen LogP contribution in [0, 0.1) is 11.8 Å². The second-order valence-corrected chi connectivity index (χ2v) is 5.87. The van der Waals surface area contributed by atoms with Crippen molar-refractivity contribution in [3.8, 4) is 0 Å². The van der Waals surface area contributed by atoms with Gasteiger partial charge in [0.25, 0.3) is 0 Å². The summed E-state index contributed by atoms with van der Waals surface area (Å²) in [6.07, 6.45) is 0.976. The fraction of sp³-hybridized carbons (Fsp3) is 0.385. The molecule has 4 nitrogen and oxygen atoms in total. The highest BCUT2D eigenvalue weighted by Gasteiger charge is 2.39. The summed E-state index contributed by atoms with van der Waals surface area (Å²) in [5.41, 5.74) is 1.54. The van der Waals surface area contributed by atoms with Gasteiger partial charge in [-0.1, -0.05) is 6.92 Å². The van der Waals surface area contributed by atoms with Crippen LogP contribution in [-0.4, -0.2) is 17.6 Å². The van der Waals surface area contributed by atoms with E-state index in [1.165, 1.54) is 11.8 Å². The van der Waals surface area contributed by atoms with E-state index in [9.17, 15) is 9.59 Å². The van der Waals surface area contributed by atoms with E-state index in [4.69, 9.17) is 0 Å². The number of anilines is 2. The molecule has 2 N–H and O–H groups in total. The highest BCUT2D eigenvalue weighted by Crippen LogP contribution is 2.39. The van der Waals surface area contributed by atoms with E-state index in [1.54, 1.807) is 0 Å². The van der Waals surface area contributed by atoms with Gasteiger partial charge in [0, 0.05) is 16.5 Å². The maximum atomic E-state index is 11.8. The summed E-state index contributed by atoms with van der Waals surface area (Å²) in [5, 5.41) is 5.72. The zero-order valence-corrected chi connectivity index (χ0v) is 10.8. The van der Waals surface area contributed by atoms with Gasteiger partial charge >= 0.3 is 0 Å². The summed E-state index contributed by atoms with van der Waals surface area (Å²) in [6.45, 7) is 2.08. The van der Waals surface area contributed by atoms with E-state index in [0.29, 0.717) is 11.7 Å². The Morgan fingerprint density at radius 1 is 1.50 bits per heavy atom. The second kappa shape index (κ2) is 4.31. The molecule has 0 bridgehead atoms. The van der Waals surface area contributed by atoms with Gasteiger partial charge in [-0.15, -0.1) is 11.8 Å². The van der Waals surface area contributed by atoms with E-state index in [0.717, 1.165) is 22.7 Å². The van der Waals surface area contributed by atoms with Crippen molar-refractivity contribution in [3.63, 3.8) is 0 Å². The molecular formula is C13H14N2O2S. The van der Waals surface area contributed by atoms with Gasteiger partial charge in [0.05, 0.1) is 11.4 Å². The van der Waals surface area contributed by atoms with Crippen molar-refractivity contribution in [1.82, 2.24) is 0 Å². The van der Waals surface area contributed by atoms with Crippen LogP contribution >= 0.6 is 11.8 Å². The van der Waals surface area contributed by atoms with Gasteiger partial charge in [-0.3, -0.25) is 9.59 Å². The zero-order chi connectivity index (χ0) is 12.7. The monoisotopic (exact) mass is 262 g/mol. The SMILES string of the molecule is CC1CC1C(=O)Nc1ccc2c(c1)NC(=O)CS2. The molecule has 94 valence electrons. The smallest absolute Gasteiger partial charge is 0.234 e. The van der Waals surface area contributed by atoms with Crippen LogP contribution in [0.4, 0.5) is 11.4 Å². The first kappa shape index (κ1) is 11.6. The summed E-state index contributed by atoms with van der Waals surface area (Å²) in [6, 6.07) is 5.64.